The van der Waals surface area contributed by atoms with Crippen LogP contribution in [0, 0.1) is 0 Å². The molecule has 1 atom stereocenters. The molecule has 27 heavy (non-hydrogen) atoms. The highest BCUT2D eigenvalue weighted by molar-refractivity contribution is 7.89. The van der Waals surface area contributed by atoms with Crippen LogP contribution in [0.2, 0.25) is 0 Å². The van der Waals surface area contributed by atoms with Gasteiger partial charge in [-0.3, -0.25) is 9.59 Å². The van der Waals surface area contributed by atoms with Crippen molar-refractivity contribution in [3.8, 4) is 0 Å². The summed E-state index contributed by atoms with van der Waals surface area (Å²) >= 11 is 0. The van der Waals surface area contributed by atoms with Crippen molar-refractivity contribution in [2.24, 2.45) is 0 Å². The first-order valence-electron chi connectivity index (χ1n) is 8.46. The number of sulfonamides is 1. The number of hydrogen-bond donors (Lipinski definition) is 2. The molecule has 0 aromatic heterocycles. The molecular weight excluding hydrogens is 368 g/mol. The molecule has 1 aliphatic heterocycles. The number of fused-ring (bicyclic) bond motifs is 1. The van der Waals surface area contributed by atoms with Crippen LogP contribution in [0.4, 0.5) is 5.69 Å². The van der Waals surface area contributed by atoms with Crippen LogP contribution < -0.4 is 9.62 Å². The lowest BCUT2D eigenvalue weighted by molar-refractivity contribution is -0.138. The summed E-state index contributed by atoms with van der Waals surface area (Å²) in [6.07, 6.45) is 0. The zero-order chi connectivity index (χ0) is 19.8. The first-order valence-corrected chi connectivity index (χ1v) is 9.95. The van der Waals surface area contributed by atoms with E-state index < -0.39 is 27.8 Å². The van der Waals surface area contributed by atoms with Crippen LogP contribution in [0.5, 0.6) is 0 Å². The summed E-state index contributed by atoms with van der Waals surface area (Å²) in [7, 11) is -3.74. The third-order valence-corrected chi connectivity index (χ3v) is 5.95. The van der Waals surface area contributed by atoms with Crippen LogP contribution in [-0.2, 0) is 14.8 Å². The first kappa shape index (κ1) is 19.1. The molecule has 7 nitrogen and oxygen atoms in total. The maximum atomic E-state index is 13.0. The number of nitrogens with one attached hydrogen (secondary N) is 1. The second-order valence-corrected chi connectivity index (χ2v) is 8.38. The van der Waals surface area contributed by atoms with E-state index >= 15 is 0 Å². The second kappa shape index (κ2) is 7.13. The van der Waals surface area contributed by atoms with Crippen LogP contribution in [0.25, 0.3) is 0 Å². The van der Waals surface area contributed by atoms with Gasteiger partial charge in [-0.05, 0) is 43.7 Å². The molecule has 1 aliphatic rings. The molecule has 142 valence electrons. The Morgan fingerprint density at radius 2 is 1.85 bits per heavy atom. The molecule has 2 aromatic rings. The Morgan fingerprint density at radius 3 is 2.52 bits per heavy atom. The number of hydrogen-bond acceptors (Lipinski definition) is 4. The number of para-hydroxylation sites is 1. The third kappa shape index (κ3) is 3.72. The van der Waals surface area contributed by atoms with Gasteiger partial charge < -0.3 is 10.0 Å². The maximum absolute atomic E-state index is 13.0. The molecule has 0 spiro atoms. The highest BCUT2D eigenvalue weighted by Crippen LogP contribution is 2.37. The molecule has 1 unspecified atom stereocenters. The van der Waals surface area contributed by atoms with Gasteiger partial charge in [0.25, 0.3) is 5.91 Å². The Balaban J connectivity index is 1.96. The van der Waals surface area contributed by atoms with Crippen LogP contribution in [0.1, 0.15) is 35.7 Å². The number of anilines is 1. The van der Waals surface area contributed by atoms with Gasteiger partial charge in [0.2, 0.25) is 10.0 Å². The number of carbonyl (C=O) groups is 2. The Hall–Kier alpha value is -2.71. The first-order chi connectivity index (χ1) is 12.7. The standard InChI is InChI=1S/C19H20N2O5S/c1-12(2)20-27(25,26)14-7-5-6-13(10-14)18(22)21-11-16(19(23)24)15-8-3-4-9-17(15)21/h3-10,12,16,20H,11H2,1-2H3,(H,23,24). The molecule has 2 aromatic carbocycles. The summed E-state index contributed by atoms with van der Waals surface area (Å²) in [6, 6.07) is 12.3. The van der Waals surface area contributed by atoms with Gasteiger partial charge in [0.15, 0.2) is 0 Å². The fourth-order valence-corrected chi connectivity index (χ4v) is 4.44. The zero-order valence-corrected chi connectivity index (χ0v) is 15.7. The summed E-state index contributed by atoms with van der Waals surface area (Å²) in [4.78, 5) is 25.9. The number of rotatable bonds is 5. The van der Waals surface area contributed by atoms with Crippen molar-refractivity contribution < 1.29 is 23.1 Å². The van der Waals surface area contributed by atoms with Gasteiger partial charge in [-0.15, -0.1) is 0 Å². The van der Waals surface area contributed by atoms with Crippen molar-refractivity contribution in [2.75, 3.05) is 11.4 Å². The van der Waals surface area contributed by atoms with Crippen molar-refractivity contribution >= 4 is 27.6 Å². The predicted octanol–water partition coefficient (Wildman–Crippen LogP) is 2.20. The van der Waals surface area contributed by atoms with Crippen molar-refractivity contribution in [1.29, 1.82) is 0 Å². The lowest BCUT2D eigenvalue weighted by atomic mass is 10.0. The smallest absolute Gasteiger partial charge is 0.312 e. The number of carboxylic acid groups (broad SMARTS) is 1. The third-order valence-electron chi connectivity index (χ3n) is 4.29. The maximum Gasteiger partial charge on any atom is 0.312 e. The van der Waals surface area contributed by atoms with Crippen molar-refractivity contribution in [3.05, 3.63) is 59.7 Å². The largest absolute Gasteiger partial charge is 0.481 e. The second-order valence-electron chi connectivity index (χ2n) is 6.67. The highest BCUT2D eigenvalue weighted by Gasteiger charge is 2.36. The van der Waals surface area contributed by atoms with Crippen LogP contribution in [-0.4, -0.2) is 38.0 Å². The molecule has 0 saturated carbocycles. The summed E-state index contributed by atoms with van der Waals surface area (Å²) in [5.74, 6) is -2.25. The van der Waals surface area contributed by atoms with Gasteiger partial charge >= 0.3 is 5.97 Å². The Kier molecular flexibility index (Phi) is 5.03. The van der Waals surface area contributed by atoms with Gasteiger partial charge in [-0.2, -0.15) is 0 Å². The minimum atomic E-state index is -3.74. The molecule has 0 aliphatic carbocycles. The van der Waals surface area contributed by atoms with E-state index in [0.29, 0.717) is 11.3 Å². The SMILES string of the molecule is CC(C)NS(=O)(=O)c1cccc(C(=O)N2CC(C(=O)O)c3ccccc32)c1. The van der Waals surface area contributed by atoms with E-state index in [0.717, 1.165) is 0 Å². The molecule has 3 rings (SSSR count). The summed E-state index contributed by atoms with van der Waals surface area (Å²) < 4.78 is 27.2. The number of benzene rings is 2. The van der Waals surface area contributed by atoms with E-state index in [4.69, 9.17) is 0 Å². The quantitative estimate of drug-likeness (QED) is 0.817. The monoisotopic (exact) mass is 388 g/mol. The molecule has 1 heterocycles. The van der Waals surface area contributed by atoms with Crippen LogP contribution in [0.3, 0.4) is 0 Å². The van der Waals surface area contributed by atoms with E-state index in [1.165, 1.54) is 29.2 Å². The van der Waals surface area contributed by atoms with Gasteiger partial charge in [-0.1, -0.05) is 24.3 Å². The molecule has 8 heteroatoms. The number of nitrogens with zero attached hydrogens (tertiary/aromatic N) is 1. The number of amides is 1. The van der Waals surface area contributed by atoms with Gasteiger partial charge in [0.1, 0.15) is 5.92 Å². The lowest BCUT2D eigenvalue weighted by Gasteiger charge is -2.18. The van der Waals surface area contributed by atoms with Crippen LogP contribution in [0.15, 0.2) is 53.4 Å². The average molecular weight is 388 g/mol. The molecule has 1 amide bonds. The fourth-order valence-electron chi connectivity index (χ4n) is 3.14. The molecule has 0 fully saturated rings. The Labute approximate surface area is 157 Å². The fraction of sp³-hybridized carbons (Fsp3) is 0.263. The Morgan fingerprint density at radius 1 is 1.15 bits per heavy atom. The van der Waals surface area contributed by atoms with E-state index in [9.17, 15) is 23.1 Å². The topological polar surface area (TPSA) is 104 Å². The van der Waals surface area contributed by atoms with E-state index in [1.54, 1.807) is 38.1 Å². The van der Waals surface area contributed by atoms with E-state index in [-0.39, 0.29) is 23.0 Å². The zero-order valence-electron chi connectivity index (χ0n) is 14.9. The molecular formula is C19H20N2O5S. The molecule has 0 bridgehead atoms. The summed E-state index contributed by atoms with van der Waals surface area (Å²) in [6.45, 7) is 3.42. The molecule has 2 N–H and O–H groups in total. The Bertz CT molecular complexity index is 1000. The van der Waals surface area contributed by atoms with Gasteiger partial charge in [0, 0.05) is 23.8 Å². The van der Waals surface area contributed by atoms with Crippen LogP contribution >= 0.6 is 0 Å². The minimum absolute atomic E-state index is 0.00867. The van der Waals surface area contributed by atoms with Gasteiger partial charge in [-0.25, -0.2) is 13.1 Å². The molecule has 0 radical (unpaired) electrons. The molecule has 0 saturated heterocycles. The normalized spacial score (nSPS) is 16.4. The number of carboxylic acids is 1. The van der Waals surface area contributed by atoms with E-state index in [1.807, 2.05) is 0 Å². The number of carbonyl (C=O) groups excluding carboxylic acids is 1. The highest BCUT2D eigenvalue weighted by atomic mass is 32.2. The average Bonchev–Trinajstić information content (AvgIpc) is 3.00. The van der Waals surface area contributed by atoms with Gasteiger partial charge in [0.05, 0.1) is 4.90 Å². The summed E-state index contributed by atoms with van der Waals surface area (Å²) in [5.41, 5.74) is 1.29. The predicted molar refractivity (Wildman–Crippen MR) is 100 cm³/mol. The van der Waals surface area contributed by atoms with Crippen molar-refractivity contribution in [3.63, 3.8) is 0 Å². The van der Waals surface area contributed by atoms with Crippen molar-refractivity contribution in [2.45, 2.75) is 30.7 Å². The summed E-state index contributed by atoms with van der Waals surface area (Å²) in [5, 5.41) is 9.44. The van der Waals surface area contributed by atoms with Crippen molar-refractivity contribution in [1.82, 2.24) is 4.72 Å². The number of aliphatic carboxylic acids is 1. The minimum Gasteiger partial charge on any atom is -0.481 e. The van der Waals surface area contributed by atoms with E-state index in [2.05, 4.69) is 4.72 Å². The lowest BCUT2D eigenvalue weighted by Crippen LogP contribution is -2.32.